The predicted molar refractivity (Wildman–Crippen MR) is 99.0 cm³/mol. The van der Waals surface area contributed by atoms with Crippen molar-refractivity contribution in [1.29, 1.82) is 0 Å². The molecule has 0 heterocycles. The number of nitrogens with one attached hydrogen (secondary N) is 2. The molecule has 2 aromatic rings. The monoisotopic (exact) mass is 384 g/mol. The number of carbonyl (C=O) groups is 2. The minimum absolute atomic E-state index is 0.390. The summed E-state index contributed by atoms with van der Waals surface area (Å²) in [6, 6.07) is 11.3. The Kier molecular flexibility index (Phi) is 5.75. The molecule has 0 fully saturated rings. The fourth-order valence-corrected chi connectivity index (χ4v) is 2.49. The summed E-state index contributed by atoms with van der Waals surface area (Å²) in [4.78, 5) is 24.9. The molecule has 2 amide bonds. The van der Waals surface area contributed by atoms with Crippen molar-refractivity contribution in [2.45, 2.75) is 13.8 Å². The lowest BCUT2D eigenvalue weighted by atomic mass is 9.90. The first-order chi connectivity index (χ1) is 11.2. The molecule has 0 radical (unpaired) electrons. The van der Waals surface area contributed by atoms with Gasteiger partial charge in [-0.15, -0.1) is 0 Å². The third-order valence-electron chi connectivity index (χ3n) is 3.36. The Morgan fingerprint density at radius 1 is 0.750 bits per heavy atom. The second kappa shape index (κ2) is 7.43. The zero-order chi connectivity index (χ0) is 17.9. The van der Waals surface area contributed by atoms with E-state index < -0.39 is 17.2 Å². The Morgan fingerprint density at radius 3 is 1.71 bits per heavy atom. The molecular formula is C17H15Cl3N2O2. The van der Waals surface area contributed by atoms with E-state index >= 15 is 0 Å². The molecule has 0 atom stereocenters. The zero-order valence-electron chi connectivity index (χ0n) is 13.0. The molecule has 0 aromatic heterocycles. The van der Waals surface area contributed by atoms with Gasteiger partial charge in [0.05, 0.1) is 0 Å². The summed E-state index contributed by atoms with van der Waals surface area (Å²) < 4.78 is 0. The van der Waals surface area contributed by atoms with Crippen LogP contribution in [0.5, 0.6) is 0 Å². The summed E-state index contributed by atoms with van der Waals surface area (Å²) in [5.74, 6) is -0.928. The molecule has 126 valence electrons. The number of hydrogen-bond acceptors (Lipinski definition) is 2. The fourth-order valence-electron chi connectivity index (χ4n) is 1.84. The minimum atomic E-state index is -1.31. The molecular weight excluding hydrogens is 371 g/mol. The molecule has 0 bridgehead atoms. The lowest BCUT2D eigenvalue weighted by Crippen LogP contribution is -2.41. The van der Waals surface area contributed by atoms with Gasteiger partial charge in [0, 0.05) is 26.4 Å². The molecule has 0 saturated heterocycles. The Labute approximate surface area is 155 Å². The van der Waals surface area contributed by atoms with Crippen LogP contribution in [0.25, 0.3) is 0 Å². The largest absolute Gasteiger partial charge is 0.325 e. The van der Waals surface area contributed by atoms with Crippen molar-refractivity contribution < 1.29 is 9.59 Å². The van der Waals surface area contributed by atoms with Crippen molar-refractivity contribution >= 4 is 58.0 Å². The van der Waals surface area contributed by atoms with Gasteiger partial charge in [0.15, 0.2) is 0 Å². The van der Waals surface area contributed by atoms with Crippen molar-refractivity contribution in [3.8, 4) is 0 Å². The molecule has 0 unspecified atom stereocenters. The second-order valence-corrected chi connectivity index (χ2v) is 7.01. The van der Waals surface area contributed by atoms with Crippen LogP contribution in [0.2, 0.25) is 15.1 Å². The highest BCUT2D eigenvalue weighted by Gasteiger charge is 2.36. The van der Waals surface area contributed by atoms with Crippen LogP contribution in [0.4, 0.5) is 11.4 Å². The van der Waals surface area contributed by atoms with Crippen molar-refractivity contribution in [3.63, 3.8) is 0 Å². The highest BCUT2D eigenvalue weighted by molar-refractivity contribution is 6.35. The molecule has 7 heteroatoms. The van der Waals surface area contributed by atoms with E-state index in [0.717, 1.165) is 0 Å². The summed E-state index contributed by atoms with van der Waals surface area (Å²) in [5.41, 5.74) is -0.338. The van der Waals surface area contributed by atoms with E-state index in [-0.39, 0.29) is 0 Å². The van der Waals surface area contributed by atoms with E-state index in [1.165, 1.54) is 13.8 Å². The molecule has 2 N–H and O–H groups in total. The second-order valence-electron chi connectivity index (χ2n) is 5.70. The normalized spacial score (nSPS) is 11.0. The van der Waals surface area contributed by atoms with Crippen molar-refractivity contribution in [2.24, 2.45) is 5.41 Å². The van der Waals surface area contributed by atoms with E-state index in [1.54, 1.807) is 42.5 Å². The van der Waals surface area contributed by atoms with E-state index in [4.69, 9.17) is 34.8 Å². The number of amides is 2. The summed E-state index contributed by atoms with van der Waals surface area (Å²) in [6.07, 6.45) is 0. The average Bonchev–Trinajstić information content (AvgIpc) is 2.48. The van der Waals surface area contributed by atoms with Crippen LogP contribution < -0.4 is 10.6 Å². The zero-order valence-corrected chi connectivity index (χ0v) is 15.3. The lowest BCUT2D eigenvalue weighted by molar-refractivity contribution is -0.135. The summed E-state index contributed by atoms with van der Waals surface area (Å²) >= 11 is 17.6. The summed E-state index contributed by atoms with van der Waals surface area (Å²) in [7, 11) is 0. The van der Waals surface area contributed by atoms with Gasteiger partial charge in [0.1, 0.15) is 5.41 Å². The SMILES string of the molecule is CC(C)(C(=O)Nc1ccc(Cl)cc1)C(=O)Nc1cc(Cl)cc(Cl)c1. The molecule has 0 aliphatic rings. The fraction of sp³-hybridized carbons (Fsp3) is 0.176. The standard InChI is InChI=1S/C17H15Cl3N2O2/c1-17(2,15(23)21-13-5-3-10(18)4-6-13)16(24)22-14-8-11(19)7-12(20)9-14/h3-9H,1-2H3,(H,21,23)(H,22,24). The predicted octanol–water partition coefficient (Wildman–Crippen LogP) is 5.25. The van der Waals surface area contributed by atoms with Gasteiger partial charge in [-0.25, -0.2) is 0 Å². The van der Waals surface area contributed by atoms with Crippen LogP contribution in [-0.2, 0) is 9.59 Å². The van der Waals surface area contributed by atoms with Crippen molar-refractivity contribution in [3.05, 3.63) is 57.5 Å². The minimum Gasteiger partial charge on any atom is -0.325 e. The van der Waals surface area contributed by atoms with Gasteiger partial charge in [-0.1, -0.05) is 34.8 Å². The molecule has 0 aliphatic heterocycles. The molecule has 2 rings (SSSR count). The summed E-state index contributed by atoms with van der Waals surface area (Å²) in [5, 5.41) is 6.68. The molecule has 24 heavy (non-hydrogen) atoms. The smallest absolute Gasteiger partial charge is 0.239 e. The summed E-state index contributed by atoms with van der Waals surface area (Å²) in [6.45, 7) is 3.06. The van der Waals surface area contributed by atoms with Gasteiger partial charge in [0.2, 0.25) is 11.8 Å². The van der Waals surface area contributed by atoms with Gasteiger partial charge < -0.3 is 10.6 Å². The quantitative estimate of drug-likeness (QED) is 0.706. The van der Waals surface area contributed by atoms with Crippen LogP contribution >= 0.6 is 34.8 Å². The average molecular weight is 386 g/mol. The highest BCUT2D eigenvalue weighted by Crippen LogP contribution is 2.26. The number of rotatable bonds is 4. The van der Waals surface area contributed by atoms with Crippen molar-refractivity contribution in [2.75, 3.05) is 10.6 Å². The molecule has 2 aromatic carbocycles. The van der Waals surface area contributed by atoms with Gasteiger partial charge in [-0.2, -0.15) is 0 Å². The van der Waals surface area contributed by atoms with E-state index in [9.17, 15) is 9.59 Å². The van der Waals surface area contributed by atoms with Gasteiger partial charge in [-0.3, -0.25) is 9.59 Å². The van der Waals surface area contributed by atoms with Crippen molar-refractivity contribution in [1.82, 2.24) is 0 Å². The van der Waals surface area contributed by atoms with Gasteiger partial charge in [-0.05, 0) is 56.3 Å². The molecule has 4 nitrogen and oxygen atoms in total. The van der Waals surface area contributed by atoms with Crippen LogP contribution in [0.1, 0.15) is 13.8 Å². The number of halogens is 3. The van der Waals surface area contributed by atoms with Gasteiger partial charge in [0.25, 0.3) is 0 Å². The first-order valence-electron chi connectivity index (χ1n) is 7.03. The number of anilines is 2. The lowest BCUT2D eigenvalue weighted by Gasteiger charge is -2.23. The van der Waals surface area contributed by atoms with Crippen LogP contribution in [-0.4, -0.2) is 11.8 Å². The van der Waals surface area contributed by atoms with Crippen LogP contribution in [0, 0.1) is 5.41 Å². The van der Waals surface area contributed by atoms with Gasteiger partial charge >= 0.3 is 0 Å². The Balaban J connectivity index is 2.11. The maximum absolute atomic E-state index is 12.5. The first-order valence-corrected chi connectivity index (χ1v) is 8.16. The third kappa shape index (κ3) is 4.63. The first kappa shape index (κ1) is 18.6. The maximum Gasteiger partial charge on any atom is 0.239 e. The van der Waals surface area contributed by atoms with Crippen LogP contribution in [0.3, 0.4) is 0 Å². The molecule has 0 spiro atoms. The Morgan fingerprint density at radius 2 is 1.21 bits per heavy atom. The highest BCUT2D eigenvalue weighted by atomic mass is 35.5. The van der Waals surface area contributed by atoms with E-state index in [2.05, 4.69) is 10.6 Å². The Hall–Kier alpha value is -1.75. The number of carbonyl (C=O) groups excluding carboxylic acids is 2. The molecule has 0 aliphatic carbocycles. The maximum atomic E-state index is 12.5. The van der Waals surface area contributed by atoms with Crippen LogP contribution in [0.15, 0.2) is 42.5 Å². The van der Waals surface area contributed by atoms with E-state index in [0.29, 0.717) is 26.4 Å². The topological polar surface area (TPSA) is 58.2 Å². The molecule has 0 saturated carbocycles. The van der Waals surface area contributed by atoms with E-state index in [1.807, 2.05) is 0 Å². The third-order valence-corrected chi connectivity index (χ3v) is 4.05. The number of hydrogen-bond donors (Lipinski definition) is 2. The number of benzene rings is 2. The Bertz CT molecular complexity index is 754.